The van der Waals surface area contributed by atoms with Gasteiger partial charge in [0, 0.05) is 18.2 Å². The zero-order valence-corrected chi connectivity index (χ0v) is 13.3. The highest BCUT2D eigenvalue weighted by Crippen LogP contribution is 2.47. The third-order valence-electron chi connectivity index (χ3n) is 5.70. The lowest BCUT2D eigenvalue weighted by Crippen LogP contribution is -2.57. The van der Waals surface area contributed by atoms with Crippen molar-refractivity contribution >= 4 is 5.69 Å². The number of rotatable bonds is 2. The number of piperidine rings is 3. The molecule has 3 nitrogen and oxygen atoms in total. The highest BCUT2D eigenvalue weighted by Gasteiger charge is 2.44. The molecule has 0 radical (unpaired) electrons. The summed E-state index contributed by atoms with van der Waals surface area (Å²) in [6.07, 6.45) is 2.66. The summed E-state index contributed by atoms with van der Waals surface area (Å²) in [5.41, 5.74) is 2.51. The van der Waals surface area contributed by atoms with Crippen LogP contribution in [0.1, 0.15) is 24.6 Å². The van der Waals surface area contributed by atoms with E-state index in [-0.39, 0.29) is 6.23 Å². The molecule has 3 heteroatoms. The van der Waals surface area contributed by atoms with Crippen molar-refractivity contribution in [3.05, 3.63) is 60.2 Å². The minimum Gasteiger partial charge on any atom is -0.464 e. The number of hydrogen-bond donors (Lipinski definition) is 0. The molecule has 0 aromatic heterocycles. The second-order valence-electron chi connectivity index (χ2n) is 6.96. The average molecular weight is 306 g/mol. The van der Waals surface area contributed by atoms with E-state index >= 15 is 0 Å². The first kappa shape index (κ1) is 13.4. The molecule has 2 bridgehead atoms. The Morgan fingerprint density at radius 1 is 0.870 bits per heavy atom. The van der Waals surface area contributed by atoms with Crippen molar-refractivity contribution in [3.63, 3.8) is 0 Å². The first-order valence-corrected chi connectivity index (χ1v) is 8.71. The molecule has 0 saturated carbocycles. The van der Waals surface area contributed by atoms with Gasteiger partial charge in [-0.2, -0.15) is 0 Å². The van der Waals surface area contributed by atoms with Gasteiger partial charge in [-0.3, -0.25) is 0 Å². The minimum absolute atomic E-state index is 0.0131. The quantitative estimate of drug-likeness (QED) is 0.842. The van der Waals surface area contributed by atoms with Gasteiger partial charge in [-0.1, -0.05) is 42.5 Å². The molecule has 2 aromatic carbocycles. The highest BCUT2D eigenvalue weighted by molar-refractivity contribution is 5.64. The Hall–Kier alpha value is -2.00. The highest BCUT2D eigenvalue weighted by atomic mass is 16.5. The van der Waals surface area contributed by atoms with Crippen LogP contribution in [0.2, 0.25) is 0 Å². The van der Waals surface area contributed by atoms with Crippen molar-refractivity contribution in [2.75, 3.05) is 24.5 Å². The Morgan fingerprint density at radius 2 is 1.61 bits per heavy atom. The molecular weight excluding hydrogens is 284 g/mol. The van der Waals surface area contributed by atoms with Crippen molar-refractivity contribution < 1.29 is 4.74 Å². The van der Waals surface area contributed by atoms with Crippen molar-refractivity contribution in [2.45, 2.75) is 25.1 Å². The minimum atomic E-state index is 0.0131. The largest absolute Gasteiger partial charge is 0.464 e. The molecule has 4 heterocycles. The van der Waals surface area contributed by atoms with Gasteiger partial charge in [-0.05, 0) is 44.0 Å². The third-order valence-corrected chi connectivity index (χ3v) is 5.70. The molecular formula is C20H22N2O. The summed E-state index contributed by atoms with van der Waals surface area (Å²) in [4.78, 5) is 5.17. The van der Waals surface area contributed by atoms with E-state index in [1.165, 1.54) is 43.7 Å². The van der Waals surface area contributed by atoms with E-state index in [0.717, 1.165) is 11.7 Å². The van der Waals surface area contributed by atoms with Crippen LogP contribution in [0, 0.1) is 5.92 Å². The first-order valence-electron chi connectivity index (χ1n) is 8.71. The van der Waals surface area contributed by atoms with Crippen LogP contribution >= 0.6 is 0 Å². The summed E-state index contributed by atoms with van der Waals surface area (Å²) in [6, 6.07) is 19.7. The second-order valence-corrected chi connectivity index (χ2v) is 6.96. The number of anilines is 1. The van der Waals surface area contributed by atoms with Gasteiger partial charge in [0.15, 0.2) is 6.23 Å². The van der Waals surface area contributed by atoms with Crippen LogP contribution in [0.25, 0.3) is 0 Å². The lowest BCUT2D eigenvalue weighted by molar-refractivity contribution is 0.0700. The fourth-order valence-electron chi connectivity index (χ4n) is 4.52. The molecule has 0 spiro atoms. The van der Waals surface area contributed by atoms with Gasteiger partial charge >= 0.3 is 0 Å². The van der Waals surface area contributed by atoms with Crippen molar-refractivity contribution in [3.8, 4) is 5.75 Å². The summed E-state index contributed by atoms with van der Waals surface area (Å²) in [6.45, 7) is 3.72. The molecule has 2 atom stereocenters. The van der Waals surface area contributed by atoms with Crippen LogP contribution in [0.15, 0.2) is 54.6 Å². The van der Waals surface area contributed by atoms with Crippen LogP contribution in [0.4, 0.5) is 5.69 Å². The predicted molar refractivity (Wildman–Crippen MR) is 91.7 cm³/mol. The van der Waals surface area contributed by atoms with Crippen molar-refractivity contribution in [2.24, 2.45) is 5.92 Å². The van der Waals surface area contributed by atoms with Crippen LogP contribution in [-0.4, -0.2) is 30.6 Å². The van der Waals surface area contributed by atoms with E-state index in [1.807, 2.05) is 0 Å². The molecule has 2 unspecified atom stereocenters. The Morgan fingerprint density at radius 3 is 2.35 bits per heavy atom. The number of benzene rings is 2. The fraction of sp³-hybridized carbons (Fsp3) is 0.400. The summed E-state index contributed by atoms with van der Waals surface area (Å²) in [5, 5.41) is 0. The van der Waals surface area contributed by atoms with E-state index in [4.69, 9.17) is 4.74 Å². The van der Waals surface area contributed by atoms with Gasteiger partial charge in [0.25, 0.3) is 0 Å². The SMILES string of the molecule is c1ccc(C2Oc3ccccc3N2C2CN3CCC2CC3)cc1. The van der Waals surface area contributed by atoms with Crippen LogP contribution < -0.4 is 9.64 Å². The number of para-hydroxylation sites is 2. The molecule has 0 aliphatic carbocycles. The van der Waals surface area contributed by atoms with E-state index < -0.39 is 0 Å². The van der Waals surface area contributed by atoms with Crippen LogP contribution in [0.3, 0.4) is 0 Å². The molecule has 118 valence electrons. The number of fused-ring (bicyclic) bond motifs is 4. The Balaban J connectivity index is 1.57. The Labute approximate surface area is 137 Å². The van der Waals surface area contributed by atoms with Gasteiger partial charge in [-0.15, -0.1) is 0 Å². The van der Waals surface area contributed by atoms with E-state index in [2.05, 4.69) is 64.4 Å². The molecule has 6 rings (SSSR count). The summed E-state index contributed by atoms with van der Waals surface area (Å²) in [7, 11) is 0. The first-order chi connectivity index (χ1) is 11.4. The Bertz CT molecular complexity index is 694. The van der Waals surface area contributed by atoms with E-state index in [1.54, 1.807) is 0 Å². The maximum Gasteiger partial charge on any atom is 0.199 e. The van der Waals surface area contributed by atoms with Gasteiger partial charge in [0.2, 0.25) is 0 Å². The summed E-state index contributed by atoms with van der Waals surface area (Å²) in [5.74, 6) is 1.82. The van der Waals surface area contributed by atoms with Gasteiger partial charge < -0.3 is 14.5 Å². The predicted octanol–water partition coefficient (Wildman–Crippen LogP) is 3.68. The monoisotopic (exact) mass is 306 g/mol. The van der Waals surface area contributed by atoms with Gasteiger partial charge in [-0.25, -0.2) is 0 Å². The van der Waals surface area contributed by atoms with Gasteiger partial charge in [0.1, 0.15) is 5.75 Å². The summed E-state index contributed by atoms with van der Waals surface area (Å²) < 4.78 is 6.37. The molecule has 23 heavy (non-hydrogen) atoms. The maximum absolute atomic E-state index is 6.37. The molecule has 0 amide bonds. The number of hydrogen-bond acceptors (Lipinski definition) is 3. The molecule has 0 N–H and O–H groups in total. The Kier molecular flexibility index (Phi) is 3.08. The average Bonchev–Trinajstić information content (AvgIpc) is 3.03. The molecule has 3 fully saturated rings. The number of ether oxygens (including phenoxy) is 1. The zero-order valence-electron chi connectivity index (χ0n) is 13.3. The second kappa shape index (κ2) is 5.27. The summed E-state index contributed by atoms with van der Waals surface area (Å²) >= 11 is 0. The standard InChI is InChI=1S/C20H22N2O/c1-2-6-16(7-3-1)20-22(17-8-4-5-9-19(17)23-20)18-14-21-12-10-15(18)11-13-21/h1-9,15,18,20H,10-14H2. The molecule has 3 saturated heterocycles. The van der Waals surface area contributed by atoms with Crippen LogP contribution in [-0.2, 0) is 0 Å². The van der Waals surface area contributed by atoms with Crippen molar-refractivity contribution in [1.29, 1.82) is 0 Å². The molecule has 4 aliphatic heterocycles. The zero-order chi connectivity index (χ0) is 15.2. The van der Waals surface area contributed by atoms with Gasteiger partial charge in [0.05, 0.1) is 5.69 Å². The normalized spacial score (nSPS) is 31.7. The topological polar surface area (TPSA) is 15.7 Å². The van der Waals surface area contributed by atoms with E-state index in [9.17, 15) is 0 Å². The van der Waals surface area contributed by atoms with E-state index in [0.29, 0.717) is 6.04 Å². The van der Waals surface area contributed by atoms with Crippen molar-refractivity contribution in [1.82, 2.24) is 4.90 Å². The third kappa shape index (κ3) is 2.14. The van der Waals surface area contributed by atoms with Crippen LogP contribution in [0.5, 0.6) is 5.75 Å². The maximum atomic E-state index is 6.37. The lowest BCUT2D eigenvalue weighted by Gasteiger charge is -2.49. The number of nitrogens with zero attached hydrogens (tertiary/aromatic N) is 2. The lowest BCUT2D eigenvalue weighted by atomic mass is 9.82. The fourth-order valence-corrected chi connectivity index (χ4v) is 4.52. The molecule has 4 aliphatic rings. The smallest absolute Gasteiger partial charge is 0.199 e. The molecule has 2 aromatic rings.